The highest BCUT2D eigenvalue weighted by molar-refractivity contribution is 6.39. The van der Waals surface area contributed by atoms with Crippen molar-refractivity contribution < 1.29 is 19.1 Å². The molecule has 0 atom stereocenters. The molecule has 7 nitrogen and oxygen atoms in total. The van der Waals surface area contributed by atoms with Crippen LogP contribution in [0.1, 0.15) is 19.8 Å². The van der Waals surface area contributed by atoms with Crippen molar-refractivity contribution in [2.24, 2.45) is 0 Å². The summed E-state index contributed by atoms with van der Waals surface area (Å²) in [4.78, 5) is 37.0. The van der Waals surface area contributed by atoms with Crippen molar-refractivity contribution in [3.63, 3.8) is 0 Å². The summed E-state index contributed by atoms with van der Waals surface area (Å²) in [5.41, 5.74) is 0.497. The summed E-state index contributed by atoms with van der Waals surface area (Å²) in [5.74, 6) is -1.43. The van der Waals surface area contributed by atoms with E-state index in [-0.39, 0.29) is 12.1 Å². The molecular formula is C16H20ClN3O4. The lowest BCUT2D eigenvalue weighted by Crippen LogP contribution is -2.49. The molecule has 8 heteroatoms. The molecule has 0 saturated carbocycles. The van der Waals surface area contributed by atoms with Gasteiger partial charge in [0.2, 0.25) is 0 Å². The highest BCUT2D eigenvalue weighted by atomic mass is 35.5. The van der Waals surface area contributed by atoms with E-state index in [0.717, 1.165) is 0 Å². The normalized spacial score (nSPS) is 14.8. The number of carbonyl (C=O) groups is 3. The number of amides is 3. The Morgan fingerprint density at radius 3 is 2.38 bits per heavy atom. The molecule has 0 radical (unpaired) electrons. The van der Waals surface area contributed by atoms with Crippen LogP contribution in [0.4, 0.5) is 10.5 Å². The van der Waals surface area contributed by atoms with Gasteiger partial charge in [-0.15, -0.1) is 0 Å². The molecule has 1 saturated heterocycles. The second kappa shape index (κ2) is 8.54. The number of piperidine rings is 1. The minimum Gasteiger partial charge on any atom is -0.450 e. The first kappa shape index (κ1) is 18.1. The van der Waals surface area contributed by atoms with E-state index in [1.165, 1.54) is 0 Å². The summed E-state index contributed by atoms with van der Waals surface area (Å²) >= 11 is 5.76. The number of carbonyl (C=O) groups excluding carboxylic acids is 3. The van der Waals surface area contributed by atoms with Gasteiger partial charge in [0.15, 0.2) is 0 Å². The number of hydrogen-bond acceptors (Lipinski definition) is 4. The second-order valence-electron chi connectivity index (χ2n) is 5.39. The van der Waals surface area contributed by atoms with Crippen LogP contribution in [-0.2, 0) is 14.3 Å². The van der Waals surface area contributed by atoms with E-state index in [2.05, 4.69) is 10.6 Å². The molecule has 24 heavy (non-hydrogen) atoms. The predicted octanol–water partition coefficient (Wildman–Crippen LogP) is 2.02. The molecule has 0 unspecified atom stereocenters. The average molecular weight is 354 g/mol. The van der Waals surface area contributed by atoms with Crippen molar-refractivity contribution in [1.29, 1.82) is 0 Å². The summed E-state index contributed by atoms with van der Waals surface area (Å²) < 4.78 is 4.94. The maximum Gasteiger partial charge on any atom is 0.409 e. The van der Waals surface area contributed by atoms with Gasteiger partial charge in [0.1, 0.15) is 0 Å². The molecule has 1 heterocycles. The second-order valence-corrected chi connectivity index (χ2v) is 5.83. The van der Waals surface area contributed by atoms with Crippen molar-refractivity contribution in [2.75, 3.05) is 25.0 Å². The van der Waals surface area contributed by atoms with E-state index >= 15 is 0 Å². The first-order valence-corrected chi connectivity index (χ1v) is 8.16. The Morgan fingerprint density at radius 2 is 1.79 bits per heavy atom. The molecule has 130 valence electrons. The van der Waals surface area contributed by atoms with Gasteiger partial charge in [-0.1, -0.05) is 11.6 Å². The van der Waals surface area contributed by atoms with E-state index in [4.69, 9.17) is 16.3 Å². The Bertz CT molecular complexity index is 598. The molecule has 0 aliphatic carbocycles. The summed E-state index contributed by atoms with van der Waals surface area (Å²) in [6.45, 7) is 3.07. The summed E-state index contributed by atoms with van der Waals surface area (Å²) in [6.07, 6.45) is 0.820. The predicted molar refractivity (Wildman–Crippen MR) is 89.8 cm³/mol. The fourth-order valence-corrected chi connectivity index (χ4v) is 2.52. The minimum absolute atomic E-state index is 0.140. The van der Waals surface area contributed by atoms with Gasteiger partial charge >= 0.3 is 17.9 Å². The van der Waals surface area contributed by atoms with Crippen LogP contribution >= 0.6 is 11.6 Å². The molecule has 1 aliphatic rings. The maximum atomic E-state index is 11.9. The van der Waals surface area contributed by atoms with E-state index in [1.807, 2.05) is 0 Å². The first-order chi connectivity index (χ1) is 11.5. The van der Waals surface area contributed by atoms with E-state index in [9.17, 15) is 14.4 Å². The maximum absolute atomic E-state index is 11.9. The van der Waals surface area contributed by atoms with Crippen LogP contribution in [-0.4, -0.2) is 48.5 Å². The molecule has 0 aromatic heterocycles. The molecule has 0 spiro atoms. The molecule has 1 aromatic rings. The van der Waals surface area contributed by atoms with Crippen LogP contribution < -0.4 is 10.6 Å². The summed E-state index contributed by atoms with van der Waals surface area (Å²) in [6, 6.07) is 6.34. The van der Waals surface area contributed by atoms with Crippen LogP contribution in [0.5, 0.6) is 0 Å². The van der Waals surface area contributed by atoms with Crippen LogP contribution in [0.3, 0.4) is 0 Å². The van der Waals surface area contributed by atoms with Crippen molar-refractivity contribution >= 4 is 35.2 Å². The number of anilines is 1. The molecule has 1 aliphatic heterocycles. The minimum atomic E-state index is -0.731. The molecular weight excluding hydrogens is 334 g/mol. The smallest absolute Gasteiger partial charge is 0.409 e. The zero-order valence-electron chi connectivity index (χ0n) is 13.4. The highest BCUT2D eigenvalue weighted by Crippen LogP contribution is 2.14. The monoisotopic (exact) mass is 353 g/mol. The molecule has 1 fully saturated rings. The number of rotatable bonds is 3. The Kier molecular flexibility index (Phi) is 6.43. The number of ether oxygens (including phenoxy) is 1. The van der Waals surface area contributed by atoms with E-state index in [1.54, 1.807) is 36.1 Å². The third-order valence-corrected chi connectivity index (χ3v) is 3.92. The van der Waals surface area contributed by atoms with Crippen molar-refractivity contribution in [3.05, 3.63) is 29.3 Å². The third-order valence-electron chi connectivity index (χ3n) is 3.66. The lowest BCUT2D eigenvalue weighted by atomic mass is 10.1. The summed E-state index contributed by atoms with van der Waals surface area (Å²) in [7, 11) is 0. The van der Waals surface area contributed by atoms with Crippen molar-refractivity contribution in [3.8, 4) is 0 Å². The van der Waals surface area contributed by atoms with E-state index < -0.39 is 11.8 Å². The van der Waals surface area contributed by atoms with Gasteiger partial charge in [0.25, 0.3) is 0 Å². The number of benzene rings is 1. The zero-order valence-corrected chi connectivity index (χ0v) is 14.1. The molecule has 3 amide bonds. The number of likely N-dealkylation sites (tertiary alicyclic amines) is 1. The van der Waals surface area contributed by atoms with Gasteiger partial charge in [-0.25, -0.2) is 4.79 Å². The fraction of sp³-hybridized carbons (Fsp3) is 0.438. The van der Waals surface area contributed by atoms with E-state index in [0.29, 0.717) is 43.2 Å². The lowest BCUT2D eigenvalue weighted by molar-refractivity contribution is -0.136. The molecule has 2 rings (SSSR count). The summed E-state index contributed by atoms with van der Waals surface area (Å²) in [5, 5.41) is 5.74. The lowest BCUT2D eigenvalue weighted by Gasteiger charge is -2.31. The van der Waals surface area contributed by atoms with Gasteiger partial charge < -0.3 is 20.3 Å². The number of nitrogens with one attached hydrogen (secondary N) is 2. The van der Waals surface area contributed by atoms with Crippen LogP contribution in [0.15, 0.2) is 24.3 Å². The van der Waals surface area contributed by atoms with Crippen molar-refractivity contribution in [2.45, 2.75) is 25.8 Å². The van der Waals surface area contributed by atoms with Crippen LogP contribution in [0.2, 0.25) is 5.02 Å². The Hall–Kier alpha value is -2.28. The number of hydrogen-bond donors (Lipinski definition) is 2. The first-order valence-electron chi connectivity index (χ1n) is 7.78. The Labute approximate surface area is 145 Å². The SMILES string of the molecule is CCOC(=O)N1CCC(NC(=O)C(=O)Nc2ccc(Cl)cc2)CC1. The van der Waals surface area contributed by atoms with Gasteiger partial charge in [0, 0.05) is 29.8 Å². The Morgan fingerprint density at radius 1 is 1.17 bits per heavy atom. The third kappa shape index (κ3) is 5.13. The standard InChI is InChI=1S/C16H20ClN3O4/c1-2-24-16(23)20-9-7-13(8-10-20)19-15(22)14(21)18-12-5-3-11(17)4-6-12/h3-6,13H,2,7-10H2,1H3,(H,18,21)(H,19,22). The van der Waals surface area contributed by atoms with Gasteiger partial charge in [-0.3, -0.25) is 9.59 Å². The number of halogens is 1. The number of nitrogens with zero attached hydrogens (tertiary/aromatic N) is 1. The van der Waals surface area contributed by atoms with Crippen LogP contribution in [0, 0.1) is 0 Å². The average Bonchev–Trinajstić information content (AvgIpc) is 2.57. The molecule has 1 aromatic carbocycles. The van der Waals surface area contributed by atoms with Gasteiger partial charge in [-0.2, -0.15) is 0 Å². The van der Waals surface area contributed by atoms with Gasteiger partial charge in [-0.05, 0) is 44.0 Å². The van der Waals surface area contributed by atoms with Crippen LogP contribution in [0.25, 0.3) is 0 Å². The van der Waals surface area contributed by atoms with Gasteiger partial charge in [0.05, 0.1) is 6.61 Å². The highest BCUT2D eigenvalue weighted by Gasteiger charge is 2.26. The molecule has 0 bridgehead atoms. The molecule has 2 N–H and O–H groups in total. The Balaban J connectivity index is 1.77. The topological polar surface area (TPSA) is 87.7 Å². The van der Waals surface area contributed by atoms with Crippen molar-refractivity contribution in [1.82, 2.24) is 10.2 Å². The largest absolute Gasteiger partial charge is 0.450 e. The fourth-order valence-electron chi connectivity index (χ4n) is 2.39. The quantitative estimate of drug-likeness (QED) is 0.814. The zero-order chi connectivity index (χ0) is 17.5.